The van der Waals surface area contributed by atoms with Gasteiger partial charge in [-0.05, 0) is 24.5 Å². The van der Waals surface area contributed by atoms with E-state index >= 15 is 0 Å². The number of amides is 2. The summed E-state index contributed by atoms with van der Waals surface area (Å²) in [5.74, 6) is -0.371. The molecule has 1 rings (SSSR count). The Kier molecular flexibility index (Phi) is 3.88. The molecule has 0 saturated heterocycles. The first-order valence-corrected chi connectivity index (χ1v) is 5.05. The van der Waals surface area contributed by atoms with E-state index in [-0.39, 0.29) is 5.96 Å². The summed E-state index contributed by atoms with van der Waals surface area (Å²) in [6, 6.07) is 5.33. The van der Waals surface area contributed by atoms with E-state index in [2.05, 4.69) is 10.6 Å². The quantitative estimate of drug-likeness (QED) is 0.450. The van der Waals surface area contributed by atoms with Crippen LogP contribution in [0.1, 0.15) is 18.1 Å². The SMILES string of the molecule is CCc1cccc(C)c1NC(=O)NC(=N)N. The van der Waals surface area contributed by atoms with E-state index < -0.39 is 6.03 Å². The molecule has 5 N–H and O–H groups in total. The van der Waals surface area contributed by atoms with Crippen molar-refractivity contribution in [2.45, 2.75) is 20.3 Å². The number of urea groups is 1. The van der Waals surface area contributed by atoms with Crippen LogP contribution in [0.4, 0.5) is 10.5 Å². The predicted octanol–water partition coefficient (Wildman–Crippen LogP) is 1.57. The van der Waals surface area contributed by atoms with Crippen LogP contribution in [0.15, 0.2) is 18.2 Å². The van der Waals surface area contributed by atoms with Gasteiger partial charge >= 0.3 is 6.03 Å². The summed E-state index contributed by atoms with van der Waals surface area (Å²) in [6.07, 6.45) is 0.831. The molecule has 0 aliphatic heterocycles. The Hall–Kier alpha value is -2.04. The summed E-state index contributed by atoms with van der Waals surface area (Å²) in [5, 5.41) is 11.8. The van der Waals surface area contributed by atoms with Gasteiger partial charge < -0.3 is 11.1 Å². The number of carbonyl (C=O) groups is 1. The first kappa shape index (κ1) is 12.0. The van der Waals surface area contributed by atoms with Gasteiger partial charge in [0, 0.05) is 5.69 Å². The van der Waals surface area contributed by atoms with Gasteiger partial charge in [-0.1, -0.05) is 25.1 Å². The predicted molar refractivity (Wildman–Crippen MR) is 64.6 cm³/mol. The highest BCUT2D eigenvalue weighted by atomic mass is 16.2. The molecule has 0 spiro atoms. The fourth-order valence-corrected chi connectivity index (χ4v) is 1.47. The largest absolute Gasteiger partial charge is 0.370 e. The van der Waals surface area contributed by atoms with Gasteiger partial charge in [-0.25, -0.2) is 4.79 Å². The minimum atomic E-state index is -0.489. The molecule has 0 fully saturated rings. The average Bonchev–Trinajstić information content (AvgIpc) is 2.20. The van der Waals surface area contributed by atoms with E-state index in [0.717, 1.165) is 23.2 Å². The molecule has 16 heavy (non-hydrogen) atoms. The maximum Gasteiger partial charge on any atom is 0.325 e. The zero-order chi connectivity index (χ0) is 12.1. The lowest BCUT2D eigenvalue weighted by Gasteiger charge is -2.12. The number of para-hydroxylation sites is 1. The number of nitrogens with one attached hydrogen (secondary N) is 3. The molecule has 0 aliphatic rings. The van der Waals surface area contributed by atoms with Gasteiger partial charge in [0.2, 0.25) is 0 Å². The highest BCUT2D eigenvalue weighted by Gasteiger charge is 2.08. The highest BCUT2D eigenvalue weighted by Crippen LogP contribution is 2.20. The summed E-state index contributed by atoms with van der Waals surface area (Å²) < 4.78 is 0. The van der Waals surface area contributed by atoms with Gasteiger partial charge in [-0.2, -0.15) is 0 Å². The molecule has 5 nitrogen and oxygen atoms in total. The summed E-state index contributed by atoms with van der Waals surface area (Å²) in [5.41, 5.74) is 7.89. The Bertz CT molecular complexity index is 414. The van der Waals surface area contributed by atoms with Gasteiger partial charge in [0.25, 0.3) is 0 Å². The molecule has 0 aliphatic carbocycles. The average molecular weight is 220 g/mol. The molecule has 0 radical (unpaired) electrons. The summed E-state index contributed by atoms with van der Waals surface area (Å²) in [7, 11) is 0. The Morgan fingerprint density at radius 2 is 2.19 bits per heavy atom. The molecule has 0 heterocycles. The molecule has 0 aromatic heterocycles. The zero-order valence-electron chi connectivity index (χ0n) is 9.42. The first-order valence-electron chi connectivity index (χ1n) is 5.05. The van der Waals surface area contributed by atoms with Gasteiger partial charge in [-0.15, -0.1) is 0 Å². The number of anilines is 1. The molecule has 0 unspecified atom stereocenters. The van der Waals surface area contributed by atoms with Crippen molar-refractivity contribution < 1.29 is 4.79 Å². The van der Waals surface area contributed by atoms with Crippen LogP contribution in [0, 0.1) is 12.3 Å². The van der Waals surface area contributed by atoms with Crippen molar-refractivity contribution in [2.24, 2.45) is 5.73 Å². The summed E-state index contributed by atoms with van der Waals surface area (Å²) in [4.78, 5) is 11.4. The first-order chi connectivity index (χ1) is 7.54. The second kappa shape index (κ2) is 5.16. The van der Waals surface area contributed by atoms with E-state index in [0.29, 0.717) is 0 Å². The Balaban J connectivity index is 2.87. The number of benzene rings is 1. The van der Waals surface area contributed by atoms with Crippen molar-refractivity contribution in [3.63, 3.8) is 0 Å². The van der Waals surface area contributed by atoms with E-state index in [1.807, 2.05) is 32.0 Å². The van der Waals surface area contributed by atoms with Crippen LogP contribution in [-0.4, -0.2) is 12.0 Å². The maximum atomic E-state index is 11.4. The minimum absolute atomic E-state index is 0.371. The van der Waals surface area contributed by atoms with Crippen molar-refractivity contribution in [2.75, 3.05) is 5.32 Å². The topological polar surface area (TPSA) is 91.0 Å². The molecular weight excluding hydrogens is 204 g/mol. The second-order valence-corrected chi connectivity index (χ2v) is 3.46. The van der Waals surface area contributed by atoms with Crippen molar-refractivity contribution in [3.05, 3.63) is 29.3 Å². The third kappa shape index (κ3) is 2.98. The van der Waals surface area contributed by atoms with E-state index in [1.54, 1.807) is 0 Å². The Morgan fingerprint density at radius 1 is 1.50 bits per heavy atom. The molecule has 5 heteroatoms. The van der Waals surface area contributed by atoms with Gasteiger partial charge in [-0.3, -0.25) is 10.7 Å². The van der Waals surface area contributed by atoms with E-state index in [1.165, 1.54) is 0 Å². The lowest BCUT2D eigenvalue weighted by Crippen LogP contribution is -2.39. The lowest BCUT2D eigenvalue weighted by atomic mass is 10.1. The minimum Gasteiger partial charge on any atom is -0.370 e. The van der Waals surface area contributed by atoms with Crippen LogP contribution < -0.4 is 16.4 Å². The van der Waals surface area contributed by atoms with Crippen molar-refractivity contribution >= 4 is 17.7 Å². The third-order valence-corrected chi connectivity index (χ3v) is 2.23. The number of hydrogen-bond donors (Lipinski definition) is 4. The normalized spacial score (nSPS) is 9.62. The maximum absolute atomic E-state index is 11.4. The smallest absolute Gasteiger partial charge is 0.325 e. The van der Waals surface area contributed by atoms with Crippen LogP contribution in [0.2, 0.25) is 0 Å². The van der Waals surface area contributed by atoms with Crippen LogP contribution in [0.5, 0.6) is 0 Å². The number of rotatable bonds is 2. The fraction of sp³-hybridized carbons (Fsp3) is 0.273. The van der Waals surface area contributed by atoms with Crippen molar-refractivity contribution in [3.8, 4) is 0 Å². The van der Waals surface area contributed by atoms with E-state index in [4.69, 9.17) is 11.1 Å². The standard InChI is InChI=1S/C11H16N4O/c1-3-8-6-4-5-7(2)9(8)14-11(16)15-10(12)13/h4-6H,3H2,1-2H3,(H5,12,13,14,15,16). The van der Waals surface area contributed by atoms with Crippen molar-refractivity contribution in [1.82, 2.24) is 5.32 Å². The van der Waals surface area contributed by atoms with Gasteiger partial charge in [0.05, 0.1) is 0 Å². The monoisotopic (exact) mass is 220 g/mol. The molecular formula is C11H16N4O. The summed E-state index contributed by atoms with van der Waals surface area (Å²) in [6.45, 7) is 3.94. The number of aryl methyl sites for hydroxylation is 2. The van der Waals surface area contributed by atoms with E-state index in [9.17, 15) is 4.79 Å². The molecule has 0 atom stereocenters. The molecule has 1 aromatic rings. The van der Waals surface area contributed by atoms with Crippen molar-refractivity contribution in [1.29, 1.82) is 5.41 Å². The lowest BCUT2D eigenvalue weighted by molar-refractivity contribution is 0.256. The molecule has 2 amide bonds. The second-order valence-electron chi connectivity index (χ2n) is 3.46. The van der Waals surface area contributed by atoms with Crippen LogP contribution in [-0.2, 0) is 6.42 Å². The molecule has 0 saturated carbocycles. The molecule has 0 bridgehead atoms. The molecule has 1 aromatic carbocycles. The Morgan fingerprint density at radius 3 is 2.75 bits per heavy atom. The number of carbonyl (C=O) groups excluding carboxylic acids is 1. The highest BCUT2D eigenvalue weighted by molar-refractivity contribution is 6.01. The van der Waals surface area contributed by atoms with Crippen LogP contribution in [0.25, 0.3) is 0 Å². The van der Waals surface area contributed by atoms with Crippen LogP contribution >= 0.6 is 0 Å². The van der Waals surface area contributed by atoms with Gasteiger partial charge in [0.1, 0.15) is 0 Å². The zero-order valence-corrected chi connectivity index (χ0v) is 9.42. The van der Waals surface area contributed by atoms with Gasteiger partial charge in [0.15, 0.2) is 5.96 Å². The third-order valence-electron chi connectivity index (χ3n) is 2.23. The number of nitrogens with two attached hydrogens (primary N) is 1. The fourth-order valence-electron chi connectivity index (χ4n) is 1.47. The number of guanidine groups is 1. The Labute approximate surface area is 94.5 Å². The molecule has 86 valence electrons. The number of hydrogen-bond acceptors (Lipinski definition) is 2. The van der Waals surface area contributed by atoms with Crippen LogP contribution in [0.3, 0.4) is 0 Å². The summed E-state index contributed by atoms with van der Waals surface area (Å²) >= 11 is 0.